The third kappa shape index (κ3) is 4.38. The molecule has 3 nitrogen and oxygen atoms in total. The minimum Gasteiger partial charge on any atom is -0.469 e. The highest BCUT2D eigenvalue weighted by Gasteiger charge is 2.09. The average molecular weight is 230 g/mol. The first-order valence-corrected chi connectivity index (χ1v) is 5.67. The number of alkyl halides is 1. The Kier molecular flexibility index (Phi) is 5.26. The highest BCUT2D eigenvalue weighted by Crippen LogP contribution is 2.04. The first-order chi connectivity index (χ1) is 7.26. The minimum atomic E-state index is 0.0268. The smallest absolute Gasteiger partial charge is 0.220 e. The van der Waals surface area contributed by atoms with Crippen LogP contribution in [0.25, 0.3) is 0 Å². The average Bonchev–Trinajstić information content (AvgIpc) is 2.75. The normalized spacial score (nSPS) is 12.4. The van der Waals surface area contributed by atoms with E-state index in [1.807, 2.05) is 19.1 Å². The summed E-state index contributed by atoms with van der Waals surface area (Å²) in [5.74, 6) is 1.33. The lowest BCUT2D eigenvalue weighted by molar-refractivity contribution is -0.121. The van der Waals surface area contributed by atoms with Crippen LogP contribution >= 0.6 is 11.6 Å². The van der Waals surface area contributed by atoms with Gasteiger partial charge in [-0.1, -0.05) is 6.92 Å². The number of aryl methyl sites for hydroxylation is 1. The van der Waals surface area contributed by atoms with Crippen molar-refractivity contribution in [1.82, 2.24) is 5.32 Å². The van der Waals surface area contributed by atoms with E-state index in [-0.39, 0.29) is 11.9 Å². The Bertz CT molecular complexity index is 281. The second-order valence-corrected chi connectivity index (χ2v) is 3.71. The van der Waals surface area contributed by atoms with Crippen molar-refractivity contribution in [3.05, 3.63) is 24.2 Å². The number of halogens is 1. The number of rotatable bonds is 6. The van der Waals surface area contributed by atoms with Gasteiger partial charge in [-0.25, -0.2) is 0 Å². The molecule has 0 bridgehead atoms. The molecule has 1 aromatic heterocycles. The number of carbonyl (C=O) groups is 1. The Morgan fingerprint density at radius 2 is 2.47 bits per heavy atom. The fraction of sp³-hybridized carbons (Fsp3) is 0.545. The number of furan rings is 1. The number of carbonyl (C=O) groups excluding carboxylic acids is 1. The van der Waals surface area contributed by atoms with E-state index >= 15 is 0 Å². The van der Waals surface area contributed by atoms with E-state index in [4.69, 9.17) is 16.0 Å². The molecular weight excluding hydrogens is 214 g/mol. The van der Waals surface area contributed by atoms with Crippen molar-refractivity contribution in [2.45, 2.75) is 32.2 Å². The van der Waals surface area contributed by atoms with Crippen molar-refractivity contribution in [2.75, 3.05) is 5.88 Å². The lowest BCUT2D eigenvalue weighted by Crippen LogP contribution is -2.35. The van der Waals surface area contributed by atoms with Crippen molar-refractivity contribution in [3.63, 3.8) is 0 Å². The second-order valence-electron chi connectivity index (χ2n) is 3.41. The molecule has 0 saturated heterocycles. The highest BCUT2D eigenvalue weighted by molar-refractivity contribution is 6.18. The van der Waals surface area contributed by atoms with Crippen molar-refractivity contribution in [2.24, 2.45) is 0 Å². The maximum Gasteiger partial charge on any atom is 0.220 e. The largest absolute Gasteiger partial charge is 0.469 e. The van der Waals surface area contributed by atoms with E-state index in [0.717, 1.165) is 12.2 Å². The maximum absolute atomic E-state index is 11.5. The summed E-state index contributed by atoms with van der Waals surface area (Å²) in [6.45, 7) is 2.00. The van der Waals surface area contributed by atoms with Gasteiger partial charge in [0.25, 0.3) is 0 Å². The van der Waals surface area contributed by atoms with Crippen molar-refractivity contribution in [1.29, 1.82) is 0 Å². The molecule has 1 aromatic rings. The van der Waals surface area contributed by atoms with E-state index in [9.17, 15) is 4.79 Å². The van der Waals surface area contributed by atoms with Crippen LogP contribution in [0.15, 0.2) is 22.8 Å². The fourth-order valence-corrected chi connectivity index (χ4v) is 1.54. The molecule has 0 aromatic carbocycles. The predicted octanol–water partition coefficient (Wildman–Crippen LogP) is 2.35. The van der Waals surface area contributed by atoms with Crippen LogP contribution in [0.4, 0.5) is 0 Å². The van der Waals surface area contributed by atoms with Crippen LogP contribution in [0.1, 0.15) is 25.5 Å². The van der Waals surface area contributed by atoms with Crippen LogP contribution in [-0.2, 0) is 11.2 Å². The zero-order chi connectivity index (χ0) is 11.1. The van der Waals surface area contributed by atoms with Gasteiger partial charge < -0.3 is 9.73 Å². The molecule has 1 atom stereocenters. The summed E-state index contributed by atoms with van der Waals surface area (Å²) in [6, 6.07) is 3.77. The molecule has 1 heterocycles. The van der Waals surface area contributed by atoms with E-state index in [0.29, 0.717) is 18.7 Å². The summed E-state index contributed by atoms with van der Waals surface area (Å²) in [4.78, 5) is 11.5. The molecule has 1 amide bonds. The first-order valence-electron chi connectivity index (χ1n) is 5.14. The van der Waals surface area contributed by atoms with Gasteiger partial charge in [-0.3, -0.25) is 4.79 Å². The van der Waals surface area contributed by atoms with Crippen LogP contribution in [0.2, 0.25) is 0 Å². The van der Waals surface area contributed by atoms with E-state index in [2.05, 4.69) is 5.32 Å². The fourth-order valence-electron chi connectivity index (χ4n) is 1.24. The number of hydrogen-bond acceptors (Lipinski definition) is 2. The quantitative estimate of drug-likeness (QED) is 0.761. The molecule has 1 unspecified atom stereocenters. The van der Waals surface area contributed by atoms with Crippen molar-refractivity contribution in [3.8, 4) is 0 Å². The lowest BCUT2D eigenvalue weighted by atomic mass is 10.2. The third-order valence-electron chi connectivity index (χ3n) is 2.22. The summed E-state index contributed by atoms with van der Waals surface area (Å²) in [5.41, 5.74) is 0. The Hall–Kier alpha value is -0.960. The number of nitrogens with one attached hydrogen (secondary N) is 1. The second kappa shape index (κ2) is 6.51. The summed E-state index contributed by atoms with van der Waals surface area (Å²) in [6.07, 6.45) is 3.55. The van der Waals surface area contributed by atoms with Gasteiger partial charge >= 0.3 is 0 Å². The van der Waals surface area contributed by atoms with Crippen LogP contribution < -0.4 is 5.32 Å². The lowest BCUT2D eigenvalue weighted by Gasteiger charge is -2.13. The molecule has 0 aliphatic carbocycles. The highest BCUT2D eigenvalue weighted by atomic mass is 35.5. The molecule has 0 fully saturated rings. The van der Waals surface area contributed by atoms with Crippen molar-refractivity contribution >= 4 is 17.5 Å². The maximum atomic E-state index is 11.5. The predicted molar refractivity (Wildman–Crippen MR) is 60.0 cm³/mol. The molecular formula is C11H16ClNO2. The van der Waals surface area contributed by atoms with Gasteiger partial charge in [-0.2, -0.15) is 0 Å². The molecule has 15 heavy (non-hydrogen) atoms. The molecule has 0 radical (unpaired) electrons. The van der Waals surface area contributed by atoms with Gasteiger partial charge in [0.2, 0.25) is 5.91 Å². The summed E-state index contributed by atoms with van der Waals surface area (Å²) in [7, 11) is 0. The van der Waals surface area contributed by atoms with Gasteiger partial charge in [-0.15, -0.1) is 11.6 Å². The standard InChI is InChI=1S/C11H16ClNO2/c1-2-9(8-12)13-11(14)6-5-10-4-3-7-15-10/h3-4,7,9H,2,5-6,8H2,1H3,(H,13,14). The Morgan fingerprint density at radius 3 is 3.00 bits per heavy atom. The molecule has 0 spiro atoms. The molecule has 0 saturated carbocycles. The van der Waals surface area contributed by atoms with Crippen LogP contribution in [0.3, 0.4) is 0 Å². The molecule has 84 valence electrons. The van der Waals surface area contributed by atoms with Crippen LogP contribution in [-0.4, -0.2) is 17.8 Å². The summed E-state index contributed by atoms with van der Waals surface area (Å²) in [5, 5.41) is 2.87. The van der Waals surface area contributed by atoms with Gasteiger partial charge in [0.15, 0.2) is 0 Å². The monoisotopic (exact) mass is 229 g/mol. The van der Waals surface area contributed by atoms with Crippen LogP contribution in [0.5, 0.6) is 0 Å². The van der Waals surface area contributed by atoms with E-state index in [1.165, 1.54) is 0 Å². The first kappa shape index (κ1) is 12.1. The Labute approximate surface area is 94.8 Å². The molecule has 1 rings (SSSR count). The number of hydrogen-bond donors (Lipinski definition) is 1. The van der Waals surface area contributed by atoms with Gasteiger partial charge in [-0.05, 0) is 18.6 Å². The molecule has 0 aliphatic rings. The molecule has 4 heteroatoms. The van der Waals surface area contributed by atoms with Gasteiger partial charge in [0.05, 0.1) is 6.26 Å². The van der Waals surface area contributed by atoms with Crippen molar-refractivity contribution < 1.29 is 9.21 Å². The molecule has 1 N–H and O–H groups in total. The van der Waals surface area contributed by atoms with Gasteiger partial charge in [0.1, 0.15) is 5.76 Å². The zero-order valence-electron chi connectivity index (χ0n) is 8.83. The minimum absolute atomic E-state index is 0.0268. The Morgan fingerprint density at radius 1 is 1.67 bits per heavy atom. The summed E-state index contributed by atoms with van der Waals surface area (Å²) < 4.78 is 5.14. The molecule has 0 aliphatic heterocycles. The van der Waals surface area contributed by atoms with Crippen LogP contribution in [0, 0.1) is 0 Å². The van der Waals surface area contributed by atoms with Gasteiger partial charge in [0, 0.05) is 24.8 Å². The Balaban J connectivity index is 2.24. The summed E-state index contributed by atoms with van der Waals surface area (Å²) >= 11 is 5.68. The van der Waals surface area contributed by atoms with E-state index < -0.39 is 0 Å². The third-order valence-corrected chi connectivity index (χ3v) is 2.60. The van der Waals surface area contributed by atoms with E-state index in [1.54, 1.807) is 6.26 Å². The number of amides is 1. The topological polar surface area (TPSA) is 42.2 Å². The zero-order valence-corrected chi connectivity index (χ0v) is 9.59. The SMILES string of the molecule is CCC(CCl)NC(=O)CCc1ccco1.